The summed E-state index contributed by atoms with van der Waals surface area (Å²) in [5.74, 6) is 0. The molecule has 0 fully saturated rings. The Labute approximate surface area is 179 Å². The lowest BCUT2D eigenvalue weighted by Crippen LogP contribution is -2.12. The average molecular weight is 437 g/mol. The molecule has 1 N–H and O–H groups in total. The van der Waals surface area contributed by atoms with Crippen molar-refractivity contribution in [1.29, 1.82) is 0 Å². The summed E-state index contributed by atoms with van der Waals surface area (Å²) < 4.78 is 43.7. The van der Waals surface area contributed by atoms with Gasteiger partial charge in [0.1, 0.15) is 0 Å². The molecule has 7 heteroatoms. The summed E-state index contributed by atoms with van der Waals surface area (Å²) in [6, 6.07) is 0. The van der Waals surface area contributed by atoms with E-state index in [0.29, 0.717) is 13.2 Å². The van der Waals surface area contributed by atoms with E-state index in [1.165, 1.54) is 83.5 Å². The lowest BCUT2D eigenvalue weighted by Gasteiger charge is -2.05. The van der Waals surface area contributed by atoms with E-state index in [9.17, 15) is 8.42 Å². The molecule has 0 saturated carbocycles. The van der Waals surface area contributed by atoms with Crippen LogP contribution in [0.5, 0.6) is 0 Å². The van der Waals surface area contributed by atoms with Crippen LogP contribution in [0, 0.1) is 0 Å². The van der Waals surface area contributed by atoms with Crippen molar-refractivity contribution in [2.45, 2.75) is 96.8 Å². The molecule has 0 heterocycles. The first-order valence-electron chi connectivity index (χ1n) is 11.5. The van der Waals surface area contributed by atoms with Crippen LogP contribution in [0.3, 0.4) is 0 Å². The van der Waals surface area contributed by atoms with Crippen LogP contribution in [-0.4, -0.2) is 46.0 Å². The number of rotatable bonds is 23. The van der Waals surface area contributed by atoms with E-state index in [1.807, 2.05) is 0 Å². The minimum absolute atomic E-state index is 0.109. The van der Waals surface area contributed by atoms with Gasteiger partial charge in [-0.1, -0.05) is 76.9 Å². The Balaban J connectivity index is 3.10. The van der Waals surface area contributed by atoms with Gasteiger partial charge >= 0.3 is 10.4 Å². The van der Waals surface area contributed by atoms with Gasteiger partial charge in [-0.3, -0.25) is 4.55 Å². The quantitative estimate of drug-likeness (QED) is 0.122. The lowest BCUT2D eigenvalue weighted by atomic mass is 10.1. The summed E-state index contributed by atoms with van der Waals surface area (Å²) in [6.45, 7) is 3.78. The zero-order chi connectivity index (χ0) is 21.5. The van der Waals surface area contributed by atoms with Gasteiger partial charge in [-0.05, 0) is 32.1 Å². The summed E-state index contributed by atoms with van der Waals surface area (Å²) in [5, 5.41) is 0. The van der Waals surface area contributed by atoms with Crippen LogP contribution >= 0.6 is 0 Å². The topological polar surface area (TPSA) is 82.1 Å². The fourth-order valence-electron chi connectivity index (χ4n) is 2.97. The van der Waals surface area contributed by atoms with Crippen LogP contribution in [0.1, 0.15) is 96.8 Å². The summed E-state index contributed by atoms with van der Waals surface area (Å²) in [5.41, 5.74) is 0. The molecule has 6 nitrogen and oxygen atoms in total. The molecule has 0 amide bonds. The monoisotopic (exact) mass is 436 g/mol. The largest absolute Gasteiger partial charge is 0.397 e. The summed E-state index contributed by atoms with van der Waals surface area (Å²) in [4.78, 5) is 0. The van der Waals surface area contributed by atoms with Crippen LogP contribution in [0.2, 0.25) is 0 Å². The van der Waals surface area contributed by atoms with Crippen molar-refractivity contribution in [3.63, 3.8) is 0 Å². The van der Waals surface area contributed by atoms with E-state index >= 15 is 0 Å². The molecule has 0 aromatic rings. The van der Waals surface area contributed by atoms with Crippen molar-refractivity contribution in [3.8, 4) is 0 Å². The van der Waals surface area contributed by atoms with Crippen molar-refractivity contribution in [2.24, 2.45) is 0 Å². The smallest absolute Gasteiger partial charge is 0.379 e. The highest BCUT2D eigenvalue weighted by Crippen LogP contribution is 2.10. The predicted octanol–water partition coefficient (Wildman–Crippen LogP) is 5.88. The Kier molecular flexibility index (Phi) is 21.9. The van der Waals surface area contributed by atoms with Gasteiger partial charge in [-0.2, -0.15) is 8.42 Å². The molecular weight excluding hydrogens is 392 g/mol. The molecule has 0 radical (unpaired) electrons. The Hall–Kier alpha value is -0.470. The summed E-state index contributed by atoms with van der Waals surface area (Å²) in [7, 11) is -4.37. The van der Waals surface area contributed by atoms with E-state index in [-0.39, 0.29) is 13.2 Å². The van der Waals surface area contributed by atoms with Gasteiger partial charge in [0.15, 0.2) is 0 Å². The molecule has 0 aromatic heterocycles. The summed E-state index contributed by atoms with van der Waals surface area (Å²) >= 11 is 0. The minimum Gasteiger partial charge on any atom is -0.379 e. The van der Waals surface area contributed by atoms with Crippen LogP contribution in [0.4, 0.5) is 0 Å². The third-order valence-electron chi connectivity index (χ3n) is 4.63. The van der Waals surface area contributed by atoms with Crippen LogP contribution in [-0.2, 0) is 24.1 Å². The van der Waals surface area contributed by atoms with E-state index < -0.39 is 10.4 Å². The maximum Gasteiger partial charge on any atom is 0.397 e. The first kappa shape index (κ1) is 28.5. The fourth-order valence-corrected chi connectivity index (χ4v) is 3.25. The Morgan fingerprint density at radius 2 is 1.07 bits per heavy atom. The van der Waals surface area contributed by atoms with Gasteiger partial charge < -0.3 is 9.47 Å². The van der Waals surface area contributed by atoms with Gasteiger partial charge in [-0.15, -0.1) is 0 Å². The van der Waals surface area contributed by atoms with Gasteiger partial charge in [0.25, 0.3) is 0 Å². The maximum atomic E-state index is 10.3. The standard InChI is InChI=1S/C22H44O6S/c1-2-3-4-5-6-7-8-9-10-11-12-13-14-15-16-17-18-26-19-20-27-21-22-28-29(23,24)25/h9-10H,2-8,11-22H2,1H3,(H,23,24,25)/b10-9+. The van der Waals surface area contributed by atoms with E-state index in [2.05, 4.69) is 23.3 Å². The number of unbranched alkanes of at least 4 members (excludes halogenated alkanes) is 12. The second-order valence-corrected chi connectivity index (χ2v) is 8.50. The molecule has 174 valence electrons. The number of ether oxygens (including phenoxy) is 2. The van der Waals surface area contributed by atoms with Crippen molar-refractivity contribution in [2.75, 3.05) is 33.0 Å². The fraction of sp³-hybridized carbons (Fsp3) is 0.909. The Morgan fingerprint density at radius 1 is 0.621 bits per heavy atom. The van der Waals surface area contributed by atoms with E-state index in [4.69, 9.17) is 14.0 Å². The van der Waals surface area contributed by atoms with Crippen LogP contribution < -0.4 is 0 Å². The zero-order valence-corrected chi connectivity index (χ0v) is 19.3. The van der Waals surface area contributed by atoms with Crippen molar-refractivity contribution >= 4 is 10.4 Å². The molecule has 0 saturated heterocycles. The highest BCUT2D eigenvalue weighted by atomic mass is 32.3. The minimum atomic E-state index is -4.37. The van der Waals surface area contributed by atoms with E-state index in [1.54, 1.807) is 0 Å². The molecule has 0 rings (SSSR count). The third-order valence-corrected chi connectivity index (χ3v) is 5.10. The van der Waals surface area contributed by atoms with Gasteiger partial charge in [-0.25, -0.2) is 4.18 Å². The van der Waals surface area contributed by atoms with Crippen molar-refractivity contribution < 1.29 is 26.6 Å². The zero-order valence-electron chi connectivity index (χ0n) is 18.5. The highest BCUT2D eigenvalue weighted by Gasteiger charge is 2.02. The lowest BCUT2D eigenvalue weighted by molar-refractivity contribution is 0.0346. The average Bonchev–Trinajstić information content (AvgIpc) is 2.67. The van der Waals surface area contributed by atoms with E-state index in [0.717, 1.165) is 13.0 Å². The van der Waals surface area contributed by atoms with Crippen molar-refractivity contribution in [3.05, 3.63) is 12.2 Å². The predicted molar refractivity (Wildman–Crippen MR) is 119 cm³/mol. The number of hydrogen-bond donors (Lipinski definition) is 1. The second kappa shape index (κ2) is 22.2. The molecule has 29 heavy (non-hydrogen) atoms. The molecule has 0 aliphatic heterocycles. The summed E-state index contributed by atoms with van der Waals surface area (Å²) in [6.07, 6.45) is 22.8. The number of allylic oxidation sites excluding steroid dienone is 2. The second-order valence-electron chi connectivity index (χ2n) is 7.41. The Bertz CT molecular complexity index is 450. The molecule has 0 bridgehead atoms. The molecule has 0 unspecified atom stereocenters. The third kappa shape index (κ3) is 27.5. The molecule has 0 aliphatic rings. The van der Waals surface area contributed by atoms with Gasteiger partial charge in [0.2, 0.25) is 0 Å². The molecule has 0 aliphatic carbocycles. The van der Waals surface area contributed by atoms with Gasteiger partial charge in [0, 0.05) is 6.61 Å². The van der Waals surface area contributed by atoms with Crippen molar-refractivity contribution in [1.82, 2.24) is 0 Å². The molecule has 0 spiro atoms. The molecule has 0 atom stereocenters. The van der Waals surface area contributed by atoms with Gasteiger partial charge in [0.05, 0.1) is 26.4 Å². The molecular formula is C22H44O6S. The first-order chi connectivity index (χ1) is 14.1. The number of hydrogen-bond acceptors (Lipinski definition) is 5. The highest BCUT2D eigenvalue weighted by molar-refractivity contribution is 7.80. The Morgan fingerprint density at radius 3 is 1.62 bits per heavy atom. The van der Waals surface area contributed by atoms with Crippen LogP contribution in [0.25, 0.3) is 0 Å². The van der Waals surface area contributed by atoms with Crippen LogP contribution in [0.15, 0.2) is 12.2 Å². The SMILES string of the molecule is CCCCCCCC/C=C/CCCCCCCCOCCOCCOS(=O)(=O)O. The normalized spacial score (nSPS) is 12.2. The maximum absolute atomic E-state index is 10.3. The molecule has 0 aromatic carbocycles. The first-order valence-corrected chi connectivity index (χ1v) is 12.8.